The first-order valence-corrected chi connectivity index (χ1v) is 5.20. The van der Waals surface area contributed by atoms with E-state index in [1.807, 2.05) is 0 Å². The van der Waals surface area contributed by atoms with E-state index in [-0.39, 0.29) is 11.5 Å². The van der Waals surface area contributed by atoms with E-state index in [1.54, 1.807) is 31.2 Å². The van der Waals surface area contributed by atoms with Gasteiger partial charge in [-0.1, -0.05) is 0 Å². The van der Waals surface area contributed by atoms with E-state index in [4.69, 9.17) is 10.1 Å². The number of carbonyl (C=O) groups is 1. The summed E-state index contributed by atoms with van der Waals surface area (Å²) in [6.07, 6.45) is 1.36. The molecule has 0 unspecified atom stereocenters. The first-order valence-electron chi connectivity index (χ1n) is 5.20. The van der Waals surface area contributed by atoms with Crippen LogP contribution in [0.1, 0.15) is 17.3 Å². The zero-order valence-electron chi connectivity index (χ0n) is 9.30. The maximum Gasteiger partial charge on any atom is 0.338 e. The molecule has 2 aromatic rings. The van der Waals surface area contributed by atoms with Gasteiger partial charge in [-0.3, -0.25) is 5.41 Å². The molecule has 1 heterocycles. The van der Waals surface area contributed by atoms with Crippen LogP contribution >= 0.6 is 0 Å². The molecule has 0 aliphatic carbocycles. The second-order valence-corrected chi connectivity index (χ2v) is 3.53. The van der Waals surface area contributed by atoms with Crippen molar-refractivity contribution in [2.75, 3.05) is 6.61 Å². The second-order valence-electron chi connectivity index (χ2n) is 3.53. The minimum absolute atomic E-state index is 0.0158. The summed E-state index contributed by atoms with van der Waals surface area (Å²) in [7, 11) is 0. The van der Waals surface area contributed by atoms with Crippen molar-refractivity contribution in [3.63, 3.8) is 0 Å². The molecule has 2 N–H and O–H groups in total. The number of fused-ring (bicyclic) bond motifs is 1. The molecule has 0 fully saturated rings. The van der Waals surface area contributed by atoms with Gasteiger partial charge in [0.15, 0.2) is 5.49 Å². The van der Waals surface area contributed by atoms with Gasteiger partial charge in [0.1, 0.15) is 0 Å². The average Bonchev–Trinajstić information content (AvgIpc) is 2.34. The van der Waals surface area contributed by atoms with Crippen LogP contribution in [-0.4, -0.2) is 22.5 Å². The Labute approximate surface area is 97.3 Å². The minimum Gasteiger partial charge on any atom is -0.462 e. The van der Waals surface area contributed by atoms with Gasteiger partial charge in [0.05, 0.1) is 12.2 Å². The molecule has 0 bridgehead atoms. The van der Waals surface area contributed by atoms with E-state index < -0.39 is 0 Å². The lowest BCUT2D eigenvalue weighted by Gasteiger charge is -2.05. The summed E-state index contributed by atoms with van der Waals surface area (Å²) in [5.41, 5.74) is 0.423. The molecule has 5 nitrogen and oxygen atoms in total. The highest BCUT2D eigenvalue weighted by Gasteiger charge is 2.07. The number of esters is 1. The van der Waals surface area contributed by atoms with Gasteiger partial charge < -0.3 is 9.94 Å². The molecule has 2 rings (SSSR count). The lowest BCUT2D eigenvalue weighted by molar-refractivity contribution is 0.0526. The predicted molar refractivity (Wildman–Crippen MR) is 60.9 cm³/mol. The number of nitrogens with one attached hydrogen (secondary N) is 1. The molecule has 0 aliphatic heterocycles. The molecule has 17 heavy (non-hydrogen) atoms. The Morgan fingerprint density at radius 1 is 1.47 bits per heavy atom. The van der Waals surface area contributed by atoms with E-state index in [9.17, 15) is 10.0 Å². The number of pyridine rings is 1. The van der Waals surface area contributed by atoms with Crippen molar-refractivity contribution in [2.45, 2.75) is 6.92 Å². The summed E-state index contributed by atoms with van der Waals surface area (Å²) in [6, 6.07) is 6.48. The summed E-state index contributed by atoms with van der Waals surface area (Å²) in [6.45, 7) is 2.07. The summed E-state index contributed by atoms with van der Waals surface area (Å²) in [5, 5.41) is 18.2. The van der Waals surface area contributed by atoms with Crippen LogP contribution in [0, 0.1) is 5.41 Å². The van der Waals surface area contributed by atoms with Crippen LogP contribution in [0.25, 0.3) is 10.8 Å². The predicted octanol–water partition coefficient (Wildman–Crippen LogP) is 1.53. The van der Waals surface area contributed by atoms with Crippen LogP contribution in [0.4, 0.5) is 0 Å². The Morgan fingerprint density at radius 2 is 2.24 bits per heavy atom. The SMILES string of the molecule is CCOC(=O)c1ccc2c(=N)n(O)ccc2c1. The van der Waals surface area contributed by atoms with E-state index in [0.717, 1.165) is 4.73 Å². The summed E-state index contributed by atoms with van der Waals surface area (Å²) in [4.78, 5) is 11.5. The second kappa shape index (κ2) is 4.29. The van der Waals surface area contributed by atoms with Crippen molar-refractivity contribution < 1.29 is 14.7 Å². The van der Waals surface area contributed by atoms with E-state index in [2.05, 4.69) is 0 Å². The van der Waals surface area contributed by atoms with Crippen LogP contribution in [0.2, 0.25) is 0 Å². The summed E-state index contributed by atoms with van der Waals surface area (Å²) in [5.74, 6) is -0.387. The molecule has 0 spiro atoms. The lowest BCUT2D eigenvalue weighted by Crippen LogP contribution is -2.17. The van der Waals surface area contributed by atoms with Crippen molar-refractivity contribution in [2.24, 2.45) is 0 Å². The molecule has 5 heteroatoms. The molecule has 0 saturated carbocycles. The molecule has 1 aromatic heterocycles. The third-order valence-electron chi connectivity index (χ3n) is 2.44. The Bertz CT molecular complexity index is 631. The Balaban J connectivity index is 2.56. The Hall–Kier alpha value is -2.30. The molecule has 0 aliphatic rings. The molecular weight excluding hydrogens is 220 g/mol. The van der Waals surface area contributed by atoms with Crippen LogP contribution in [0.15, 0.2) is 30.5 Å². The van der Waals surface area contributed by atoms with Crippen LogP contribution in [-0.2, 0) is 4.74 Å². The lowest BCUT2D eigenvalue weighted by atomic mass is 10.1. The normalized spacial score (nSPS) is 10.4. The van der Waals surface area contributed by atoms with Crippen molar-refractivity contribution in [3.05, 3.63) is 41.5 Å². The zero-order chi connectivity index (χ0) is 12.4. The van der Waals surface area contributed by atoms with Gasteiger partial charge in [-0.15, -0.1) is 0 Å². The van der Waals surface area contributed by atoms with Gasteiger partial charge in [-0.25, -0.2) is 4.79 Å². The third kappa shape index (κ3) is 1.99. The molecule has 1 aromatic carbocycles. The highest BCUT2D eigenvalue weighted by molar-refractivity contribution is 5.95. The highest BCUT2D eigenvalue weighted by Crippen LogP contribution is 2.13. The largest absolute Gasteiger partial charge is 0.462 e. The van der Waals surface area contributed by atoms with Gasteiger partial charge in [0.25, 0.3) is 0 Å². The fourth-order valence-corrected chi connectivity index (χ4v) is 1.61. The van der Waals surface area contributed by atoms with Crippen molar-refractivity contribution >= 4 is 16.7 Å². The number of ether oxygens (including phenoxy) is 1. The fraction of sp³-hybridized carbons (Fsp3) is 0.167. The standard InChI is InChI=1S/C12H12N2O3/c1-2-17-12(15)9-3-4-10-8(7-9)5-6-14(16)11(10)13/h3-7,13,16H,2H2,1H3. The number of hydrogen-bond donors (Lipinski definition) is 2. The van der Waals surface area contributed by atoms with Crippen molar-refractivity contribution in [1.82, 2.24) is 4.73 Å². The average molecular weight is 232 g/mol. The van der Waals surface area contributed by atoms with Crippen molar-refractivity contribution in [3.8, 4) is 0 Å². The monoisotopic (exact) mass is 232 g/mol. The number of rotatable bonds is 2. The number of carbonyl (C=O) groups excluding carboxylic acids is 1. The van der Waals surface area contributed by atoms with Crippen molar-refractivity contribution in [1.29, 1.82) is 5.41 Å². The van der Waals surface area contributed by atoms with E-state index in [1.165, 1.54) is 6.20 Å². The van der Waals surface area contributed by atoms with Gasteiger partial charge >= 0.3 is 5.97 Å². The molecular formula is C12H12N2O3. The van der Waals surface area contributed by atoms with Crippen LogP contribution < -0.4 is 5.49 Å². The maximum atomic E-state index is 11.5. The Morgan fingerprint density at radius 3 is 2.94 bits per heavy atom. The first kappa shape index (κ1) is 11.2. The van der Waals surface area contributed by atoms with Crippen LogP contribution in [0.3, 0.4) is 0 Å². The number of benzene rings is 1. The van der Waals surface area contributed by atoms with E-state index >= 15 is 0 Å². The topological polar surface area (TPSA) is 75.3 Å². The smallest absolute Gasteiger partial charge is 0.338 e. The summed E-state index contributed by atoms with van der Waals surface area (Å²) < 4.78 is 5.62. The van der Waals surface area contributed by atoms with Gasteiger partial charge in [-0.05, 0) is 36.6 Å². The minimum atomic E-state index is -0.387. The van der Waals surface area contributed by atoms with Gasteiger partial charge in [-0.2, -0.15) is 4.73 Å². The number of hydrogen-bond acceptors (Lipinski definition) is 4. The fourth-order valence-electron chi connectivity index (χ4n) is 1.61. The van der Waals surface area contributed by atoms with Crippen LogP contribution in [0.5, 0.6) is 0 Å². The van der Waals surface area contributed by atoms with Gasteiger partial charge in [0, 0.05) is 11.6 Å². The number of nitrogens with zero attached hydrogens (tertiary/aromatic N) is 1. The number of aromatic nitrogens is 1. The zero-order valence-corrected chi connectivity index (χ0v) is 9.30. The first-order chi connectivity index (χ1) is 8.13. The molecule has 88 valence electrons. The Kier molecular flexibility index (Phi) is 2.82. The molecule has 0 saturated heterocycles. The maximum absolute atomic E-state index is 11.5. The third-order valence-corrected chi connectivity index (χ3v) is 2.44. The molecule has 0 atom stereocenters. The molecule has 0 amide bonds. The molecule has 0 radical (unpaired) electrons. The van der Waals surface area contributed by atoms with E-state index in [0.29, 0.717) is 22.9 Å². The summed E-state index contributed by atoms with van der Waals surface area (Å²) >= 11 is 0. The highest BCUT2D eigenvalue weighted by atomic mass is 16.5. The van der Waals surface area contributed by atoms with Gasteiger partial charge in [0.2, 0.25) is 0 Å². The quantitative estimate of drug-likeness (QED) is 0.609.